The molecule has 2 atom stereocenters. The van der Waals surface area contributed by atoms with Crippen molar-refractivity contribution in [3.8, 4) is 0 Å². The third-order valence-electron chi connectivity index (χ3n) is 2.78. The van der Waals surface area contributed by atoms with Gasteiger partial charge >= 0.3 is 0 Å². The van der Waals surface area contributed by atoms with Gasteiger partial charge in [-0.05, 0) is 5.92 Å². The van der Waals surface area contributed by atoms with Crippen LogP contribution in [0, 0.1) is 5.92 Å². The molecule has 1 heterocycles. The van der Waals surface area contributed by atoms with Gasteiger partial charge in [-0.15, -0.1) is 24.8 Å². The predicted molar refractivity (Wildman–Crippen MR) is 77.2 cm³/mol. The second-order valence-corrected chi connectivity index (χ2v) is 3.99. The van der Waals surface area contributed by atoms with Gasteiger partial charge in [0.15, 0.2) is 0 Å². The molecule has 0 aliphatic heterocycles. The molecular formula is C11H22Cl2N4O. The smallest absolute Gasteiger partial charge is 0.237 e. The van der Waals surface area contributed by atoms with E-state index in [9.17, 15) is 4.79 Å². The Labute approximate surface area is 120 Å². The lowest BCUT2D eigenvalue weighted by Crippen LogP contribution is -2.45. The quantitative estimate of drug-likeness (QED) is 0.739. The first-order chi connectivity index (χ1) is 7.65. The lowest BCUT2D eigenvalue weighted by molar-refractivity contribution is -0.123. The molecule has 1 amide bonds. The molecule has 18 heavy (non-hydrogen) atoms. The van der Waals surface area contributed by atoms with Gasteiger partial charge in [0, 0.05) is 25.4 Å². The van der Waals surface area contributed by atoms with Crippen LogP contribution in [-0.4, -0.2) is 28.5 Å². The average molecular weight is 297 g/mol. The molecule has 0 radical (unpaired) electrons. The van der Waals surface area contributed by atoms with Gasteiger partial charge in [0.05, 0.1) is 6.04 Å². The summed E-state index contributed by atoms with van der Waals surface area (Å²) in [5.74, 6) is 1.00. The third kappa shape index (κ3) is 6.23. The number of hydrogen-bond donors (Lipinski definition) is 3. The molecule has 1 aromatic rings. The summed E-state index contributed by atoms with van der Waals surface area (Å²) in [5, 5.41) is 2.81. The summed E-state index contributed by atoms with van der Waals surface area (Å²) in [5.41, 5.74) is 5.80. The van der Waals surface area contributed by atoms with E-state index >= 15 is 0 Å². The Morgan fingerprint density at radius 3 is 2.72 bits per heavy atom. The molecule has 0 aromatic carbocycles. The highest BCUT2D eigenvalue weighted by molar-refractivity contribution is 5.85. The van der Waals surface area contributed by atoms with E-state index in [2.05, 4.69) is 15.3 Å². The number of H-pyrrole nitrogens is 1. The van der Waals surface area contributed by atoms with Crippen LogP contribution in [0.2, 0.25) is 0 Å². The van der Waals surface area contributed by atoms with E-state index in [1.165, 1.54) is 0 Å². The summed E-state index contributed by atoms with van der Waals surface area (Å²) >= 11 is 0. The van der Waals surface area contributed by atoms with Crippen molar-refractivity contribution in [2.24, 2.45) is 11.7 Å². The third-order valence-corrected chi connectivity index (χ3v) is 2.78. The van der Waals surface area contributed by atoms with Crippen molar-refractivity contribution in [1.29, 1.82) is 0 Å². The monoisotopic (exact) mass is 296 g/mol. The topological polar surface area (TPSA) is 83.8 Å². The predicted octanol–water partition coefficient (Wildman–Crippen LogP) is 1.29. The van der Waals surface area contributed by atoms with Crippen LogP contribution < -0.4 is 11.1 Å². The fourth-order valence-corrected chi connectivity index (χ4v) is 1.37. The highest BCUT2D eigenvalue weighted by Gasteiger charge is 2.18. The van der Waals surface area contributed by atoms with Crippen LogP contribution in [0.15, 0.2) is 12.4 Å². The largest absolute Gasteiger partial charge is 0.354 e. The zero-order valence-electron chi connectivity index (χ0n) is 10.7. The van der Waals surface area contributed by atoms with E-state index in [4.69, 9.17) is 5.73 Å². The Morgan fingerprint density at radius 1 is 1.56 bits per heavy atom. The maximum absolute atomic E-state index is 11.6. The number of aromatic nitrogens is 2. The standard InChI is InChI=1S/C11H20N4O.2ClH/c1-3-8(2)10(12)11(16)15-5-4-9-13-6-7-14-9;;/h6-8,10H,3-5,12H2,1-2H3,(H,13,14)(H,15,16);2*1H. The SMILES string of the molecule is CCC(C)C(N)C(=O)NCCc1ncc[nH]1.Cl.Cl. The van der Waals surface area contributed by atoms with Crippen molar-refractivity contribution in [3.05, 3.63) is 18.2 Å². The number of carbonyl (C=O) groups excluding carboxylic acids is 1. The van der Waals surface area contributed by atoms with Gasteiger partial charge in [-0.2, -0.15) is 0 Å². The molecular weight excluding hydrogens is 275 g/mol. The average Bonchev–Trinajstić information content (AvgIpc) is 2.79. The fraction of sp³-hybridized carbons (Fsp3) is 0.636. The minimum Gasteiger partial charge on any atom is -0.354 e. The van der Waals surface area contributed by atoms with Crippen molar-refractivity contribution < 1.29 is 4.79 Å². The first kappa shape index (κ1) is 19.6. The summed E-state index contributed by atoms with van der Waals surface area (Å²) in [7, 11) is 0. The Kier molecular flexibility index (Phi) is 11.1. The zero-order chi connectivity index (χ0) is 12.0. The van der Waals surface area contributed by atoms with Crippen LogP contribution in [0.1, 0.15) is 26.1 Å². The summed E-state index contributed by atoms with van der Waals surface area (Å²) in [6, 6.07) is -0.415. The molecule has 0 bridgehead atoms. The Morgan fingerprint density at radius 2 is 2.22 bits per heavy atom. The van der Waals surface area contributed by atoms with E-state index < -0.39 is 6.04 Å². The number of hydrogen-bond acceptors (Lipinski definition) is 3. The van der Waals surface area contributed by atoms with E-state index in [-0.39, 0.29) is 36.6 Å². The molecule has 2 unspecified atom stereocenters. The molecule has 0 saturated heterocycles. The van der Waals surface area contributed by atoms with Crippen molar-refractivity contribution in [2.75, 3.05) is 6.54 Å². The maximum atomic E-state index is 11.6. The molecule has 0 saturated carbocycles. The number of nitrogens with zero attached hydrogens (tertiary/aromatic N) is 1. The highest BCUT2D eigenvalue weighted by atomic mass is 35.5. The van der Waals surface area contributed by atoms with E-state index in [1.807, 2.05) is 13.8 Å². The molecule has 0 fully saturated rings. The molecule has 7 heteroatoms. The van der Waals surface area contributed by atoms with Gasteiger partial charge in [-0.3, -0.25) is 4.79 Å². The normalized spacial score (nSPS) is 12.8. The van der Waals surface area contributed by atoms with Crippen LogP contribution in [0.5, 0.6) is 0 Å². The van der Waals surface area contributed by atoms with Gasteiger partial charge in [0.1, 0.15) is 5.82 Å². The Balaban J connectivity index is 0. The first-order valence-electron chi connectivity index (χ1n) is 5.66. The van der Waals surface area contributed by atoms with Gasteiger partial charge in [-0.1, -0.05) is 20.3 Å². The number of carbonyl (C=O) groups is 1. The van der Waals surface area contributed by atoms with Crippen molar-refractivity contribution in [1.82, 2.24) is 15.3 Å². The maximum Gasteiger partial charge on any atom is 0.237 e. The molecule has 0 spiro atoms. The summed E-state index contributed by atoms with van der Waals surface area (Å²) < 4.78 is 0. The lowest BCUT2D eigenvalue weighted by Gasteiger charge is -2.17. The summed E-state index contributed by atoms with van der Waals surface area (Å²) in [6.45, 7) is 4.58. The van der Waals surface area contributed by atoms with Crippen LogP contribution >= 0.6 is 24.8 Å². The number of nitrogens with two attached hydrogens (primary N) is 1. The van der Waals surface area contributed by atoms with E-state index in [0.29, 0.717) is 13.0 Å². The van der Waals surface area contributed by atoms with Gasteiger partial charge < -0.3 is 16.0 Å². The van der Waals surface area contributed by atoms with E-state index in [0.717, 1.165) is 12.2 Å². The molecule has 5 nitrogen and oxygen atoms in total. The molecule has 4 N–H and O–H groups in total. The summed E-state index contributed by atoms with van der Waals surface area (Å²) in [4.78, 5) is 18.7. The van der Waals surface area contributed by atoms with E-state index in [1.54, 1.807) is 12.4 Å². The van der Waals surface area contributed by atoms with Gasteiger partial charge in [0.25, 0.3) is 0 Å². The molecule has 1 rings (SSSR count). The molecule has 106 valence electrons. The van der Waals surface area contributed by atoms with Crippen LogP contribution in [0.25, 0.3) is 0 Å². The fourth-order valence-electron chi connectivity index (χ4n) is 1.37. The summed E-state index contributed by atoms with van der Waals surface area (Å²) in [6.07, 6.45) is 5.07. The first-order valence-corrected chi connectivity index (χ1v) is 5.66. The van der Waals surface area contributed by atoms with Crippen molar-refractivity contribution >= 4 is 30.7 Å². The molecule has 0 aliphatic carbocycles. The number of aromatic amines is 1. The number of imidazole rings is 1. The minimum atomic E-state index is -0.415. The number of halogens is 2. The second kappa shape index (κ2) is 10.2. The molecule has 0 aliphatic rings. The number of rotatable bonds is 6. The Bertz CT molecular complexity index is 319. The van der Waals surface area contributed by atoms with Crippen molar-refractivity contribution in [2.45, 2.75) is 32.7 Å². The lowest BCUT2D eigenvalue weighted by atomic mass is 9.99. The minimum absolute atomic E-state index is 0. The molecule has 1 aromatic heterocycles. The van der Waals surface area contributed by atoms with Gasteiger partial charge in [0.2, 0.25) is 5.91 Å². The van der Waals surface area contributed by atoms with Crippen LogP contribution in [0.4, 0.5) is 0 Å². The van der Waals surface area contributed by atoms with Crippen LogP contribution in [0.3, 0.4) is 0 Å². The number of nitrogens with one attached hydrogen (secondary N) is 2. The second-order valence-electron chi connectivity index (χ2n) is 3.99. The number of amides is 1. The highest BCUT2D eigenvalue weighted by Crippen LogP contribution is 2.04. The van der Waals surface area contributed by atoms with Crippen molar-refractivity contribution in [3.63, 3.8) is 0 Å². The zero-order valence-corrected chi connectivity index (χ0v) is 12.3. The van der Waals surface area contributed by atoms with Crippen LogP contribution in [-0.2, 0) is 11.2 Å². The Hall–Kier alpha value is -0.780. The van der Waals surface area contributed by atoms with Gasteiger partial charge in [-0.25, -0.2) is 4.98 Å².